The lowest BCUT2D eigenvalue weighted by Crippen LogP contribution is -2.30. The number of phosphoric ester groups is 2. The molecule has 2 unspecified atom stereocenters. The molecule has 0 aromatic heterocycles. The van der Waals surface area contributed by atoms with Crippen LogP contribution < -0.4 is 0 Å². The van der Waals surface area contributed by atoms with Crippen molar-refractivity contribution in [1.29, 1.82) is 0 Å². The first kappa shape index (κ1) is 74.1. The van der Waals surface area contributed by atoms with Gasteiger partial charge in [0, 0.05) is 25.7 Å². The highest BCUT2D eigenvalue weighted by Gasteiger charge is 2.30. The van der Waals surface area contributed by atoms with E-state index in [1.54, 1.807) is 0 Å². The molecule has 76 heavy (non-hydrogen) atoms. The summed E-state index contributed by atoms with van der Waals surface area (Å²) < 4.78 is 67.5. The molecule has 0 spiro atoms. The second kappa shape index (κ2) is 51.2. The predicted octanol–water partition coefficient (Wildman–Crippen LogP) is 15.1. The quantitative estimate of drug-likeness (QED) is 0.0222. The van der Waals surface area contributed by atoms with Crippen LogP contribution in [0.3, 0.4) is 0 Å². The smallest absolute Gasteiger partial charge is 0.462 e. The topological polar surface area (TPSA) is 237 Å². The van der Waals surface area contributed by atoms with Gasteiger partial charge < -0.3 is 33.8 Å². The van der Waals surface area contributed by atoms with E-state index >= 15 is 0 Å². The second-order valence-corrected chi connectivity index (χ2v) is 24.1. The molecular weight excluding hydrogens is 1020 g/mol. The van der Waals surface area contributed by atoms with Gasteiger partial charge in [-0.1, -0.05) is 227 Å². The van der Waals surface area contributed by atoms with E-state index in [1.165, 1.54) is 103 Å². The number of unbranched alkanes of at least 4 members (excludes halogenated alkanes) is 29. The predicted molar refractivity (Wildman–Crippen MR) is 298 cm³/mol. The zero-order chi connectivity index (χ0) is 56.4. The fourth-order valence-electron chi connectivity index (χ4n) is 8.34. The molecule has 0 heterocycles. The van der Waals surface area contributed by atoms with Crippen molar-refractivity contribution in [3.63, 3.8) is 0 Å². The van der Waals surface area contributed by atoms with Gasteiger partial charge in [0.2, 0.25) is 0 Å². The summed E-state index contributed by atoms with van der Waals surface area (Å²) in [5.74, 6) is -1.48. The fraction of sp³-hybridized carbons (Fsp3) is 0.930. The molecule has 0 aliphatic rings. The Kier molecular flexibility index (Phi) is 49.9. The highest BCUT2D eigenvalue weighted by Crippen LogP contribution is 2.45. The summed E-state index contributed by atoms with van der Waals surface area (Å²) in [5.41, 5.74) is 0. The Labute approximate surface area is 460 Å². The number of rotatable bonds is 57. The standard InChI is InChI=1S/C57H110O17P2/c1-6-9-12-15-18-21-24-30-35-40-54(59)67-46-52(73-56(61)42-37-32-26-23-20-17-14-11-8-3)48-71-75(63,64)69-44-51(58)45-70-76(65,66)72-49-53(74-57(62)43-38-33-28-27-29-34-39-50(4)5)47-68-55(60)41-36-31-25-22-19-16-13-10-7-2/h50-53,58H,6-49H2,1-5H3,(H,63,64)(H,65,66)/t51-,52+,53+/m0/s1. The monoisotopic (exact) mass is 1130 g/mol. The molecule has 0 fully saturated rings. The summed E-state index contributed by atoms with van der Waals surface area (Å²) in [6, 6.07) is 0. The minimum Gasteiger partial charge on any atom is -0.462 e. The lowest BCUT2D eigenvalue weighted by atomic mass is 10.0. The van der Waals surface area contributed by atoms with Gasteiger partial charge in [-0.2, -0.15) is 0 Å². The van der Waals surface area contributed by atoms with Crippen LogP contribution in [0.25, 0.3) is 0 Å². The molecule has 0 amide bonds. The number of carbonyl (C=O) groups is 4. The molecule has 450 valence electrons. The Morgan fingerprint density at radius 2 is 0.605 bits per heavy atom. The third-order valence-electron chi connectivity index (χ3n) is 13.0. The van der Waals surface area contributed by atoms with Crippen molar-refractivity contribution in [2.45, 2.75) is 297 Å². The Morgan fingerprint density at radius 3 is 0.895 bits per heavy atom. The maximum absolute atomic E-state index is 12.9. The molecule has 0 aliphatic carbocycles. The molecule has 3 N–H and O–H groups in total. The van der Waals surface area contributed by atoms with E-state index in [-0.39, 0.29) is 25.7 Å². The van der Waals surface area contributed by atoms with Crippen LogP contribution >= 0.6 is 15.6 Å². The molecule has 19 heteroatoms. The van der Waals surface area contributed by atoms with Crippen LogP contribution in [-0.4, -0.2) is 96.7 Å². The minimum atomic E-state index is -4.93. The summed E-state index contributed by atoms with van der Waals surface area (Å²) in [4.78, 5) is 71.7. The molecular formula is C57H110O17P2. The van der Waals surface area contributed by atoms with Gasteiger partial charge in [-0.05, 0) is 31.6 Å². The Morgan fingerprint density at radius 1 is 0.355 bits per heavy atom. The van der Waals surface area contributed by atoms with Gasteiger partial charge in [0.1, 0.15) is 19.3 Å². The van der Waals surface area contributed by atoms with Gasteiger partial charge in [-0.15, -0.1) is 0 Å². The number of esters is 4. The van der Waals surface area contributed by atoms with Crippen molar-refractivity contribution in [3.8, 4) is 0 Å². The average molecular weight is 1130 g/mol. The largest absolute Gasteiger partial charge is 0.472 e. The third kappa shape index (κ3) is 51.5. The molecule has 0 aromatic rings. The van der Waals surface area contributed by atoms with Crippen LogP contribution in [0.5, 0.6) is 0 Å². The minimum absolute atomic E-state index is 0.102. The van der Waals surface area contributed by atoms with Crippen LogP contribution in [0.1, 0.15) is 279 Å². The third-order valence-corrected chi connectivity index (χ3v) is 14.9. The maximum atomic E-state index is 12.9. The summed E-state index contributed by atoms with van der Waals surface area (Å²) in [6.45, 7) is 7.00. The number of hydrogen-bond donors (Lipinski definition) is 3. The SMILES string of the molecule is CCCCCCCCCCCC(=O)OC[C@H](COP(=O)(O)OC[C@H](O)COP(=O)(O)OC[C@@H](COC(=O)CCCCCCCCCCC)OC(=O)CCCCCCCCC(C)C)OC(=O)CCCCCCCCCCC. The average Bonchev–Trinajstić information content (AvgIpc) is 3.38. The number of aliphatic hydroxyl groups is 1. The van der Waals surface area contributed by atoms with E-state index in [1.807, 2.05) is 0 Å². The fourth-order valence-corrected chi connectivity index (χ4v) is 9.92. The lowest BCUT2D eigenvalue weighted by molar-refractivity contribution is -0.161. The Hall–Kier alpha value is -1.94. The highest BCUT2D eigenvalue weighted by molar-refractivity contribution is 7.47. The number of aliphatic hydroxyl groups excluding tert-OH is 1. The van der Waals surface area contributed by atoms with Crippen molar-refractivity contribution in [2.75, 3.05) is 39.6 Å². The van der Waals surface area contributed by atoms with Gasteiger partial charge in [0.15, 0.2) is 12.2 Å². The van der Waals surface area contributed by atoms with Gasteiger partial charge in [0.25, 0.3) is 0 Å². The zero-order valence-electron chi connectivity index (χ0n) is 48.4. The number of carbonyl (C=O) groups excluding carboxylic acids is 4. The van der Waals surface area contributed by atoms with E-state index < -0.39 is 97.5 Å². The van der Waals surface area contributed by atoms with Gasteiger partial charge in [0.05, 0.1) is 26.4 Å². The molecule has 0 aliphatic heterocycles. The van der Waals surface area contributed by atoms with Crippen molar-refractivity contribution in [1.82, 2.24) is 0 Å². The van der Waals surface area contributed by atoms with Gasteiger partial charge in [-0.25, -0.2) is 9.13 Å². The van der Waals surface area contributed by atoms with Crippen LogP contribution in [0.4, 0.5) is 0 Å². The van der Waals surface area contributed by atoms with E-state index in [0.717, 1.165) is 89.9 Å². The molecule has 0 aromatic carbocycles. The first-order valence-electron chi connectivity index (χ1n) is 30.1. The van der Waals surface area contributed by atoms with Gasteiger partial charge >= 0.3 is 39.5 Å². The van der Waals surface area contributed by atoms with E-state index in [2.05, 4.69) is 34.6 Å². The second-order valence-electron chi connectivity index (χ2n) is 21.2. The van der Waals surface area contributed by atoms with E-state index in [9.17, 15) is 43.2 Å². The first-order valence-corrected chi connectivity index (χ1v) is 33.1. The molecule has 0 saturated carbocycles. The number of hydrogen-bond acceptors (Lipinski definition) is 15. The summed E-state index contributed by atoms with van der Waals surface area (Å²) in [5, 5.41) is 10.5. The van der Waals surface area contributed by atoms with Crippen LogP contribution in [-0.2, 0) is 65.4 Å². The molecule has 17 nitrogen and oxygen atoms in total. The summed E-state index contributed by atoms with van der Waals surface area (Å²) in [6.07, 6.45) is 32.3. The van der Waals surface area contributed by atoms with Crippen molar-refractivity contribution >= 4 is 39.5 Å². The van der Waals surface area contributed by atoms with Crippen LogP contribution in [0, 0.1) is 5.92 Å². The number of ether oxygens (including phenoxy) is 4. The molecule has 5 atom stereocenters. The first-order chi connectivity index (χ1) is 36.5. The Balaban J connectivity index is 5.22. The van der Waals surface area contributed by atoms with Crippen molar-refractivity contribution in [3.05, 3.63) is 0 Å². The van der Waals surface area contributed by atoms with Crippen LogP contribution in [0.2, 0.25) is 0 Å². The highest BCUT2D eigenvalue weighted by atomic mass is 31.2. The maximum Gasteiger partial charge on any atom is 0.472 e. The van der Waals surface area contributed by atoms with E-state index in [4.69, 9.17) is 37.0 Å². The van der Waals surface area contributed by atoms with Crippen molar-refractivity contribution < 1.29 is 80.2 Å². The normalized spacial score (nSPS) is 14.4. The van der Waals surface area contributed by atoms with Crippen molar-refractivity contribution in [2.24, 2.45) is 5.92 Å². The Bertz CT molecular complexity index is 1500. The molecule has 0 saturated heterocycles. The zero-order valence-corrected chi connectivity index (χ0v) is 50.2. The van der Waals surface area contributed by atoms with Crippen LogP contribution in [0.15, 0.2) is 0 Å². The molecule has 0 rings (SSSR count). The molecule has 0 bridgehead atoms. The summed E-state index contributed by atoms with van der Waals surface area (Å²) in [7, 11) is -9.86. The van der Waals surface area contributed by atoms with Gasteiger partial charge in [-0.3, -0.25) is 37.3 Å². The lowest BCUT2D eigenvalue weighted by Gasteiger charge is -2.21. The summed E-state index contributed by atoms with van der Waals surface area (Å²) >= 11 is 0. The van der Waals surface area contributed by atoms with E-state index in [0.29, 0.717) is 31.6 Å². The number of phosphoric acid groups is 2. The molecule has 0 radical (unpaired) electrons.